The second kappa shape index (κ2) is 9.17. The van der Waals surface area contributed by atoms with Gasteiger partial charge in [0.25, 0.3) is 0 Å². The first-order valence-corrected chi connectivity index (χ1v) is 15.1. The highest BCUT2D eigenvalue weighted by atomic mass is 32.1. The molecule has 0 aliphatic rings. The minimum Gasteiger partial charge on any atom is -0.455 e. The van der Waals surface area contributed by atoms with Crippen LogP contribution in [0.25, 0.3) is 87.0 Å². The van der Waals surface area contributed by atoms with Crippen LogP contribution in [0.1, 0.15) is 0 Å². The van der Waals surface area contributed by atoms with Crippen LogP contribution in [0.5, 0.6) is 0 Å². The summed E-state index contributed by atoms with van der Waals surface area (Å²) in [6, 6.07) is 50.2. The molecule has 196 valence electrons. The Labute approximate surface area is 246 Å². The first kappa shape index (κ1) is 23.5. The number of thiophene rings is 1. The lowest BCUT2D eigenvalue weighted by Crippen LogP contribution is -1.90. The molecule has 2 heterocycles. The number of furan rings is 1. The van der Waals surface area contributed by atoms with Crippen molar-refractivity contribution in [2.45, 2.75) is 0 Å². The van der Waals surface area contributed by atoms with Crippen LogP contribution in [0.4, 0.5) is 0 Å². The van der Waals surface area contributed by atoms with Gasteiger partial charge in [-0.25, -0.2) is 0 Å². The van der Waals surface area contributed by atoms with Crippen LogP contribution in [-0.2, 0) is 0 Å². The third-order valence-corrected chi connectivity index (χ3v) is 9.49. The number of hydrogen-bond donors (Lipinski definition) is 0. The standard InChI is InChI=1S/C40H24OS/c1-3-11-25(12-4-1)34-24-42-36-22-21-33-28-20-19-27(23-35(28)41-40(33)39(34)36)38-31-17-9-7-15-29(31)37(26-13-5-2-6-14-26)30-16-8-10-18-32(30)38/h1-24H. The second-order valence-electron chi connectivity index (χ2n) is 10.9. The lowest BCUT2D eigenvalue weighted by atomic mass is 9.86. The Hall–Kier alpha value is -5.18. The molecule has 0 unspecified atom stereocenters. The lowest BCUT2D eigenvalue weighted by Gasteiger charge is -2.17. The molecule has 0 aliphatic carbocycles. The van der Waals surface area contributed by atoms with Crippen molar-refractivity contribution < 1.29 is 4.42 Å². The largest absolute Gasteiger partial charge is 0.455 e. The average Bonchev–Trinajstić information content (AvgIpc) is 3.66. The minimum absolute atomic E-state index is 0.917. The number of fused-ring (bicyclic) bond motifs is 7. The molecule has 0 amide bonds. The van der Waals surface area contributed by atoms with E-state index >= 15 is 0 Å². The topological polar surface area (TPSA) is 13.1 Å². The zero-order valence-electron chi connectivity index (χ0n) is 22.7. The molecule has 2 heteroatoms. The first-order valence-electron chi connectivity index (χ1n) is 14.3. The van der Waals surface area contributed by atoms with E-state index in [1.54, 1.807) is 11.3 Å². The maximum atomic E-state index is 6.77. The Morgan fingerprint density at radius 3 is 1.62 bits per heavy atom. The van der Waals surface area contributed by atoms with E-state index in [-0.39, 0.29) is 0 Å². The molecule has 42 heavy (non-hydrogen) atoms. The monoisotopic (exact) mass is 552 g/mol. The molecule has 0 saturated carbocycles. The van der Waals surface area contributed by atoms with Crippen LogP contribution in [0.3, 0.4) is 0 Å². The Morgan fingerprint density at radius 2 is 0.976 bits per heavy atom. The summed E-state index contributed by atoms with van der Waals surface area (Å²) in [5.74, 6) is 0. The maximum Gasteiger partial charge on any atom is 0.144 e. The van der Waals surface area contributed by atoms with Crippen molar-refractivity contribution in [2.24, 2.45) is 0 Å². The molecule has 0 atom stereocenters. The fourth-order valence-corrected chi connectivity index (χ4v) is 7.66. The van der Waals surface area contributed by atoms with Crippen molar-refractivity contribution in [1.29, 1.82) is 0 Å². The number of rotatable bonds is 3. The maximum absolute atomic E-state index is 6.77. The van der Waals surface area contributed by atoms with E-state index in [0.717, 1.165) is 21.9 Å². The summed E-state index contributed by atoms with van der Waals surface area (Å²) in [4.78, 5) is 0. The molecule has 1 nitrogen and oxygen atoms in total. The molecule has 7 aromatic carbocycles. The molecule has 9 aromatic rings. The lowest BCUT2D eigenvalue weighted by molar-refractivity contribution is 0.673. The first-order chi connectivity index (χ1) is 20.8. The summed E-state index contributed by atoms with van der Waals surface area (Å²) in [6.45, 7) is 0. The summed E-state index contributed by atoms with van der Waals surface area (Å²) in [6.07, 6.45) is 0. The van der Waals surface area contributed by atoms with Gasteiger partial charge in [-0.2, -0.15) is 0 Å². The molecule has 0 saturated heterocycles. The van der Waals surface area contributed by atoms with Gasteiger partial charge in [0, 0.05) is 26.4 Å². The summed E-state index contributed by atoms with van der Waals surface area (Å²) in [5.41, 5.74) is 9.26. The summed E-state index contributed by atoms with van der Waals surface area (Å²) in [7, 11) is 0. The summed E-state index contributed by atoms with van der Waals surface area (Å²) in [5, 5.41) is 10.8. The molecule has 2 aromatic heterocycles. The predicted molar refractivity (Wildman–Crippen MR) is 180 cm³/mol. The van der Waals surface area contributed by atoms with E-state index < -0.39 is 0 Å². The van der Waals surface area contributed by atoms with Crippen molar-refractivity contribution in [2.75, 3.05) is 0 Å². The van der Waals surface area contributed by atoms with Gasteiger partial charge in [-0.3, -0.25) is 0 Å². The van der Waals surface area contributed by atoms with Gasteiger partial charge in [0.15, 0.2) is 0 Å². The molecule has 0 N–H and O–H groups in total. The van der Waals surface area contributed by atoms with Crippen LogP contribution in [0.2, 0.25) is 0 Å². The molecular formula is C40H24OS. The summed E-state index contributed by atoms with van der Waals surface area (Å²) < 4.78 is 8.02. The Bertz CT molecular complexity index is 2390. The minimum atomic E-state index is 0.917. The van der Waals surface area contributed by atoms with Crippen molar-refractivity contribution in [3.63, 3.8) is 0 Å². The SMILES string of the molecule is c1ccc(-c2c3ccccc3c(-c3ccc4c(c3)oc3c4ccc4scc(-c5ccccc5)c43)c3ccccc23)cc1. The van der Waals surface area contributed by atoms with Crippen LogP contribution in [0.15, 0.2) is 149 Å². The third-order valence-electron chi connectivity index (χ3n) is 8.54. The second-order valence-corrected chi connectivity index (χ2v) is 11.8. The highest BCUT2D eigenvalue weighted by Gasteiger charge is 2.19. The van der Waals surface area contributed by atoms with Crippen molar-refractivity contribution in [3.05, 3.63) is 145 Å². The zero-order valence-corrected chi connectivity index (χ0v) is 23.5. The number of hydrogen-bond acceptors (Lipinski definition) is 2. The fraction of sp³-hybridized carbons (Fsp3) is 0. The van der Waals surface area contributed by atoms with Crippen LogP contribution < -0.4 is 0 Å². The Balaban J connectivity index is 1.33. The predicted octanol–water partition coefficient (Wildman–Crippen LogP) is 12.1. The van der Waals surface area contributed by atoms with Crippen molar-refractivity contribution in [3.8, 4) is 33.4 Å². The quantitative estimate of drug-likeness (QED) is 0.199. The van der Waals surface area contributed by atoms with Gasteiger partial charge in [0.2, 0.25) is 0 Å². The Kier molecular flexibility index (Phi) is 5.13. The fourth-order valence-electron chi connectivity index (χ4n) is 6.70. The van der Waals surface area contributed by atoms with Gasteiger partial charge in [0.1, 0.15) is 11.2 Å². The van der Waals surface area contributed by atoms with Gasteiger partial charge in [0.05, 0.1) is 0 Å². The van der Waals surface area contributed by atoms with E-state index in [0.29, 0.717) is 0 Å². The molecule has 0 bridgehead atoms. The van der Waals surface area contributed by atoms with Crippen molar-refractivity contribution >= 4 is 64.9 Å². The van der Waals surface area contributed by atoms with Crippen LogP contribution >= 0.6 is 11.3 Å². The molecule has 0 fully saturated rings. The summed E-state index contributed by atoms with van der Waals surface area (Å²) >= 11 is 1.78. The normalized spacial score (nSPS) is 11.8. The van der Waals surface area contributed by atoms with E-state index in [1.165, 1.54) is 65.0 Å². The van der Waals surface area contributed by atoms with Crippen molar-refractivity contribution in [1.82, 2.24) is 0 Å². The van der Waals surface area contributed by atoms with E-state index in [2.05, 4.69) is 145 Å². The van der Waals surface area contributed by atoms with E-state index in [1.807, 2.05) is 0 Å². The van der Waals surface area contributed by atoms with Gasteiger partial charge in [-0.1, -0.05) is 115 Å². The highest BCUT2D eigenvalue weighted by molar-refractivity contribution is 7.18. The molecule has 9 rings (SSSR count). The zero-order chi connectivity index (χ0) is 27.6. The van der Waals surface area contributed by atoms with Crippen LogP contribution in [-0.4, -0.2) is 0 Å². The van der Waals surface area contributed by atoms with Gasteiger partial charge >= 0.3 is 0 Å². The highest BCUT2D eigenvalue weighted by Crippen LogP contribution is 2.46. The van der Waals surface area contributed by atoms with E-state index in [4.69, 9.17) is 4.42 Å². The molecule has 0 aliphatic heterocycles. The smallest absolute Gasteiger partial charge is 0.144 e. The average molecular weight is 553 g/mol. The molecular weight excluding hydrogens is 529 g/mol. The van der Waals surface area contributed by atoms with Gasteiger partial charge < -0.3 is 4.42 Å². The van der Waals surface area contributed by atoms with Gasteiger partial charge in [-0.15, -0.1) is 11.3 Å². The van der Waals surface area contributed by atoms with E-state index in [9.17, 15) is 0 Å². The van der Waals surface area contributed by atoms with Gasteiger partial charge in [-0.05, 0) is 79.0 Å². The van der Waals surface area contributed by atoms with Crippen LogP contribution in [0, 0.1) is 0 Å². The molecule has 0 spiro atoms. The number of benzene rings is 7. The molecule has 0 radical (unpaired) electrons. The third kappa shape index (κ3) is 3.43. The Morgan fingerprint density at radius 1 is 0.429 bits per heavy atom.